The number of carbonyl (C=O) groups excluding carboxylic acids is 2. The molecule has 0 bridgehead atoms. The van der Waals surface area contributed by atoms with E-state index in [1.54, 1.807) is 38.1 Å². The van der Waals surface area contributed by atoms with Gasteiger partial charge in [-0.15, -0.1) is 0 Å². The maximum atomic E-state index is 13.3. The number of rotatable bonds is 9. The fraction of sp³-hybridized carbons (Fsp3) is 0.333. The molecule has 0 aliphatic heterocycles. The van der Waals surface area contributed by atoms with E-state index in [9.17, 15) is 18.0 Å². The third-order valence-electron chi connectivity index (χ3n) is 4.51. The number of hydrogen-bond donors (Lipinski definition) is 1. The first kappa shape index (κ1) is 23.9. The molecule has 2 aromatic rings. The Hall–Kier alpha value is -2.39. The SMILES string of the molecule is CCNC(=O)[C@H](C)N(Cc1ccccc1)C(=O)CN(c1ccccc1Br)S(C)(=O)=O. The van der Waals surface area contributed by atoms with Gasteiger partial charge in [0.05, 0.1) is 11.9 Å². The van der Waals surface area contributed by atoms with Gasteiger partial charge < -0.3 is 10.2 Å². The van der Waals surface area contributed by atoms with Gasteiger partial charge in [0.15, 0.2) is 0 Å². The van der Waals surface area contributed by atoms with Crippen molar-refractivity contribution in [2.75, 3.05) is 23.7 Å². The first-order valence-electron chi connectivity index (χ1n) is 9.48. The number of benzene rings is 2. The number of sulfonamides is 1. The van der Waals surface area contributed by atoms with Crippen molar-refractivity contribution >= 4 is 43.5 Å². The standard InChI is InChI=1S/C21H26BrN3O4S/c1-4-23-21(27)16(2)24(14-17-10-6-5-7-11-17)20(26)15-25(30(3,28)29)19-13-9-8-12-18(19)22/h5-13,16H,4,14-15H2,1-3H3,(H,23,27)/t16-/m0/s1. The van der Waals surface area contributed by atoms with E-state index in [4.69, 9.17) is 0 Å². The van der Waals surface area contributed by atoms with Gasteiger partial charge in [-0.25, -0.2) is 8.42 Å². The molecule has 7 nitrogen and oxygen atoms in total. The van der Waals surface area contributed by atoms with Crippen molar-refractivity contribution in [3.8, 4) is 0 Å². The van der Waals surface area contributed by atoms with E-state index in [0.29, 0.717) is 16.7 Å². The molecule has 2 rings (SSSR count). The number of likely N-dealkylation sites (N-methyl/N-ethyl adjacent to an activating group) is 1. The van der Waals surface area contributed by atoms with Crippen molar-refractivity contribution in [3.63, 3.8) is 0 Å². The lowest BCUT2D eigenvalue weighted by molar-refractivity contribution is -0.139. The fourth-order valence-corrected chi connectivity index (χ4v) is 4.41. The Morgan fingerprint density at radius 3 is 2.23 bits per heavy atom. The van der Waals surface area contributed by atoms with Gasteiger partial charge in [0.2, 0.25) is 21.8 Å². The zero-order chi connectivity index (χ0) is 22.3. The molecule has 0 spiro atoms. The summed E-state index contributed by atoms with van der Waals surface area (Å²) in [5.74, 6) is -0.771. The number of anilines is 1. The van der Waals surface area contributed by atoms with E-state index in [1.165, 1.54) is 4.90 Å². The van der Waals surface area contributed by atoms with Gasteiger partial charge >= 0.3 is 0 Å². The Kier molecular flexibility index (Phi) is 8.43. The molecule has 30 heavy (non-hydrogen) atoms. The molecule has 0 radical (unpaired) electrons. The lowest BCUT2D eigenvalue weighted by atomic mass is 10.1. The van der Waals surface area contributed by atoms with Crippen LogP contribution in [-0.4, -0.2) is 50.5 Å². The van der Waals surface area contributed by atoms with Crippen LogP contribution in [0.15, 0.2) is 59.1 Å². The first-order chi connectivity index (χ1) is 14.1. The number of hydrogen-bond acceptors (Lipinski definition) is 4. The summed E-state index contributed by atoms with van der Waals surface area (Å²) >= 11 is 3.35. The van der Waals surface area contributed by atoms with Crippen molar-refractivity contribution in [1.82, 2.24) is 10.2 Å². The summed E-state index contributed by atoms with van der Waals surface area (Å²) in [4.78, 5) is 27.1. The molecule has 0 aromatic heterocycles. The van der Waals surface area contributed by atoms with Crippen LogP contribution in [0.1, 0.15) is 19.4 Å². The second-order valence-corrected chi connectivity index (χ2v) is 9.56. The van der Waals surface area contributed by atoms with Crippen LogP contribution < -0.4 is 9.62 Å². The maximum absolute atomic E-state index is 13.3. The highest BCUT2D eigenvalue weighted by molar-refractivity contribution is 9.10. The summed E-state index contributed by atoms with van der Waals surface area (Å²) in [6, 6.07) is 15.3. The van der Waals surface area contributed by atoms with Crippen molar-refractivity contribution in [2.45, 2.75) is 26.4 Å². The average molecular weight is 496 g/mol. The highest BCUT2D eigenvalue weighted by atomic mass is 79.9. The van der Waals surface area contributed by atoms with Crippen LogP contribution in [0.25, 0.3) is 0 Å². The fourth-order valence-electron chi connectivity index (χ4n) is 2.93. The minimum atomic E-state index is -3.74. The Bertz CT molecular complexity index is 983. The molecule has 1 N–H and O–H groups in total. The first-order valence-corrected chi connectivity index (χ1v) is 12.1. The van der Waals surface area contributed by atoms with E-state index in [0.717, 1.165) is 16.1 Å². The lowest BCUT2D eigenvalue weighted by Gasteiger charge is -2.31. The van der Waals surface area contributed by atoms with Gasteiger partial charge in [-0.1, -0.05) is 42.5 Å². The molecule has 0 aliphatic carbocycles. The number of nitrogens with one attached hydrogen (secondary N) is 1. The third kappa shape index (κ3) is 6.30. The smallest absolute Gasteiger partial charge is 0.244 e. The van der Waals surface area contributed by atoms with E-state index in [2.05, 4.69) is 21.2 Å². The van der Waals surface area contributed by atoms with Gasteiger partial charge in [0.25, 0.3) is 0 Å². The lowest BCUT2D eigenvalue weighted by Crippen LogP contribution is -2.51. The van der Waals surface area contributed by atoms with E-state index in [-0.39, 0.29) is 12.5 Å². The zero-order valence-corrected chi connectivity index (χ0v) is 19.6. The predicted octanol–water partition coefficient (Wildman–Crippen LogP) is 2.77. The molecule has 0 unspecified atom stereocenters. The Balaban J connectivity index is 2.37. The van der Waals surface area contributed by atoms with Crippen molar-refractivity contribution in [3.05, 3.63) is 64.6 Å². The van der Waals surface area contributed by atoms with Crippen LogP contribution in [0.3, 0.4) is 0 Å². The summed E-state index contributed by atoms with van der Waals surface area (Å²) in [6.07, 6.45) is 1.05. The minimum absolute atomic E-state index is 0.186. The van der Waals surface area contributed by atoms with Gasteiger partial charge in [0.1, 0.15) is 12.6 Å². The van der Waals surface area contributed by atoms with Crippen LogP contribution in [0.2, 0.25) is 0 Å². The topological polar surface area (TPSA) is 86.8 Å². The van der Waals surface area contributed by atoms with Crippen molar-refractivity contribution < 1.29 is 18.0 Å². The second kappa shape index (κ2) is 10.6. The van der Waals surface area contributed by atoms with Gasteiger partial charge in [-0.05, 0) is 47.5 Å². The summed E-state index contributed by atoms with van der Waals surface area (Å²) in [5, 5.41) is 2.72. The van der Waals surface area contributed by atoms with E-state index < -0.39 is 28.5 Å². The number of para-hydroxylation sites is 1. The summed E-state index contributed by atoms with van der Waals surface area (Å²) < 4.78 is 26.5. The molecule has 0 saturated carbocycles. The Morgan fingerprint density at radius 1 is 1.07 bits per heavy atom. The van der Waals surface area contributed by atoms with Gasteiger partial charge in [0, 0.05) is 17.6 Å². The molecule has 162 valence electrons. The van der Waals surface area contributed by atoms with Crippen LogP contribution in [-0.2, 0) is 26.2 Å². The van der Waals surface area contributed by atoms with Crippen LogP contribution in [0, 0.1) is 0 Å². The molecular formula is C21H26BrN3O4S. The molecule has 1 atom stereocenters. The molecule has 2 aromatic carbocycles. The number of amides is 2. The molecule has 2 amide bonds. The molecule has 0 heterocycles. The van der Waals surface area contributed by atoms with Crippen molar-refractivity contribution in [2.24, 2.45) is 0 Å². The Morgan fingerprint density at radius 2 is 1.67 bits per heavy atom. The molecule has 9 heteroatoms. The summed E-state index contributed by atoms with van der Waals surface area (Å²) in [6.45, 7) is 3.63. The predicted molar refractivity (Wildman–Crippen MR) is 121 cm³/mol. The molecular weight excluding hydrogens is 470 g/mol. The second-order valence-electron chi connectivity index (χ2n) is 6.80. The molecule has 0 saturated heterocycles. The summed E-state index contributed by atoms with van der Waals surface area (Å²) in [7, 11) is -3.74. The minimum Gasteiger partial charge on any atom is -0.355 e. The quantitative estimate of drug-likeness (QED) is 0.579. The highest BCUT2D eigenvalue weighted by Crippen LogP contribution is 2.27. The van der Waals surface area contributed by atoms with Crippen LogP contribution >= 0.6 is 15.9 Å². The third-order valence-corrected chi connectivity index (χ3v) is 6.31. The molecule has 0 fully saturated rings. The van der Waals surface area contributed by atoms with Gasteiger partial charge in [-0.3, -0.25) is 13.9 Å². The monoisotopic (exact) mass is 495 g/mol. The number of carbonyl (C=O) groups is 2. The van der Waals surface area contributed by atoms with Crippen LogP contribution in [0.5, 0.6) is 0 Å². The van der Waals surface area contributed by atoms with E-state index in [1.807, 2.05) is 30.3 Å². The average Bonchev–Trinajstić information content (AvgIpc) is 2.70. The largest absolute Gasteiger partial charge is 0.355 e. The highest BCUT2D eigenvalue weighted by Gasteiger charge is 2.30. The normalized spacial score (nSPS) is 12.1. The summed E-state index contributed by atoms with van der Waals surface area (Å²) in [5.41, 5.74) is 1.20. The number of halogens is 1. The zero-order valence-electron chi connectivity index (χ0n) is 17.2. The van der Waals surface area contributed by atoms with Crippen LogP contribution in [0.4, 0.5) is 5.69 Å². The Labute approximate surface area is 186 Å². The van der Waals surface area contributed by atoms with Crippen molar-refractivity contribution in [1.29, 1.82) is 0 Å². The number of nitrogens with zero attached hydrogens (tertiary/aromatic N) is 2. The van der Waals surface area contributed by atoms with Gasteiger partial charge in [-0.2, -0.15) is 0 Å². The van der Waals surface area contributed by atoms with E-state index >= 15 is 0 Å². The maximum Gasteiger partial charge on any atom is 0.244 e. The molecule has 0 aliphatic rings.